The molecule has 2 radical (unpaired) electrons. The molecular weight excluding hydrogens is 327 g/mol. The van der Waals surface area contributed by atoms with E-state index in [-0.39, 0.29) is 0 Å². The highest BCUT2D eigenvalue weighted by Crippen LogP contribution is 2.26. The molecule has 0 bridgehead atoms. The number of rotatable bonds is 5. The molecular formula is C24H23BN2. The van der Waals surface area contributed by atoms with Crippen LogP contribution in [-0.2, 0) is 6.42 Å². The van der Waals surface area contributed by atoms with Gasteiger partial charge in [-0.1, -0.05) is 97.3 Å². The SMILES string of the molecule is [B]CC(c1ccccc1)c1ccccc1.c1ccc(Cc2ncc[nH]2)cc1. The predicted molar refractivity (Wildman–Crippen MR) is 113 cm³/mol. The summed E-state index contributed by atoms with van der Waals surface area (Å²) in [5, 5.41) is 0. The van der Waals surface area contributed by atoms with Crippen LogP contribution in [0.2, 0.25) is 6.32 Å². The maximum absolute atomic E-state index is 5.84. The summed E-state index contributed by atoms with van der Waals surface area (Å²) in [4.78, 5) is 7.23. The first-order valence-electron chi connectivity index (χ1n) is 9.19. The molecule has 0 aliphatic rings. The third kappa shape index (κ3) is 5.72. The molecule has 0 saturated carbocycles. The molecule has 27 heavy (non-hydrogen) atoms. The normalized spacial score (nSPS) is 10.3. The highest BCUT2D eigenvalue weighted by molar-refractivity contribution is 6.09. The van der Waals surface area contributed by atoms with Crippen LogP contribution >= 0.6 is 0 Å². The fraction of sp³-hybridized carbons (Fsp3) is 0.125. The highest BCUT2D eigenvalue weighted by Gasteiger charge is 2.09. The Kier molecular flexibility index (Phi) is 7.05. The first-order valence-corrected chi connectivity index (χ1v) is 9.19. The monoisotopic (exact) mass is 350 g/mol. The van der Waals surface area contributed by atoms with Crippen molar-refractivity contribution in [1.29, 1.82) is 0 Å². The zero-order valence-corrected chi connectivity index (χ0v) is 15.3. The number of H-pyrrole nitrogens is 1. The van der Waals surface area contributed by atoms with Gasteiger partial charge >= 0.3 is 0 Å². The summed E-state index contributed by atoms with van der Waals surface area (Å²) in [5.74, 6) is 1.33. The quantitative estimate of drug-likeness (QED) is 0.479. The van der Waals surface area contributed by atoms with Gasteiger partial charge in [0.05, 0.1) is 7.85 Å². The number of hydrogen-bond acceptors (Lipinski definition) is 1. The molecule has 0 spiro atoms. The van der Waals surface area contributed by atoms with Gasteiger partial charge in [0.1, 0.15) is 5.82 Å². The summed E-state index contributed by atoms with van der Waals surface area (Å²) in [6, 6.07) is 31.1. The molecule has 2 nitrogen and oxygen atoms in total. The fourth-order valence-corrected chi connectivity index (χ4v) is 3.02. The summed E-state index contributed by atoms with van der Waals surface area (Å²) in [7, 11) is 5.84. The lowest BCUT2D eigenvalue weighted by atomic mass is 9.81. The summed E-state index contributed by atoms with van der Waals surface area (Å²) in [5.41, 5.74) is 3.85. The van der Waals surface area contributed by atoms with Gasteiger partial charge in [0.15, 0.2) is 0 Å². The van der Waals surface area contributed by atoms with E-state index in [0.717, 1.165) is 12.2 Å². The summed E-state index contributed by atoms with van der Waals surface area (Å²) < 4.78 is 0. The molecule has 3 heteroatoms. The predicted octanol–water partition coefficient (Wildman–Crippen LogP) is 5.41. The molecule has 132 valence electrons. The van der Waals surface area contributed by atoms with Crippen molar-refractivity contribution in [2.24, 2.45) is 0 Å². The van der Waals surface area contributed by atoms with E-state index < -0.39 is 0 Å². The first kappa shape index (κ1) is 18.7. The van der Waals surface area contributed by atoms with E-state index in [0.29, 0.717) is 12.2 Å². The van der Waals surface area contributed by atoms with Crippen molar-refractivity contribution >= 4 is 7.85 Å². The second-order valence-electron chi connectivity index (χ2n) is 6.31. The molecule has 4 aromatic rings. The van der Waals surface area contributed by atoms with Crippen molar-refractivity contribution in [1.82, 2.24) is 9.97 Å². The zero-order chi connectivity index (χ0) is 18.7. The molecule has 0 unspecified atom stereocenters. The van der Waals surface area contributed by atoms with Gasteiger partial charge in [-0.25, -0.2) is 4.98 Å². The summed E-state index contributed by atoms with van der Waals surface area (Å²) >= 11 is 0. The number of aromatic nitrogens is 2. The number of hydrogen-bond donors (Lipinski definition) is 1. The van der Waals surface area contributed by atoms with Crippen LogP contribution in [0.25, 0.3) is 0 Å². The standard InChI is InChI=1S/C14H13B.C10H10N2/c15-11-14(12-7-3-1-4-8-12)13-9-5-2-6-10-13;1-2-4-9(5-3-1)8-10-11-6-7-12-10/h1-10,14H,11H2;1-7H,8H2,(H,11,12). The van der Waals surface area contributed by atoms with Crippen molar-refractivity contribution < 1.29 is 0 Å². The van der Waals surface area contributed by atoms with Gasteiger partial charge in [-0.05, 0) is 16.7 Å². The van der Waals surface area contributed by atoms with Crippen molar-refractivity contribution in [3.05, 3.63) is 126 Å². The van der Waals surface area contributed by atoms with Crippen molar-refractivity contribution in [2.75, 3.05) is 0 Å². The Labute approximate surface area is 162 Å². The molecule has 0 aliphatic carbocycles. The van der Waals surface area contributed by atoms with E-state index in [9.17, 15) is 0 Å². The Balaban J connectivity index is 0.000000159. The van der Waals surface area contributed by atoms with Crippen LogP contribution in [0.1, 0.15) is 28.4 Å². The second kappa shape index (κ2) is 10.2. The summed E-state index contributed by atoms with van der Waals surface area (Å²) in [6.07, 6.45) is 5.15. The van der Waals surface area contributed by atoms with Crippen LogP contribution in [0.3, 0.4) is 0 Å². The lowest BCUT2D eigenvalue weighted by Gasteiger charge is -2.15. The van der Waals surface area contributed by atoms with Crippen LogP contribution in [0, 0.1) is 0 Å². The van der Waals surface area contributed by atoms with Gasteiger partial charge < -0.3 is 4.98 Å². The Hall–Kier alpha value is -3.07. The smallest absolute Gasteiger partial charge is 0.110 e. The minimum absolute atomic E-state index is 0.312. The maximum atomic E-state index is 5.84. The van der Waals surface area contributed by atoms with Gasteiger partial charge in [-0.3, -0.25) is 0 Å². The van der Waals surface area contributed by atoms with Crippen LogP contribution in [0.15, 0.2) is 103 Å². The third-order valence-electron chi connectivity index (χ3n) is 4.41. The fourth-order valence-electron chi connectivity index (χ4n) is 3.02. The summed E-state index contributed by atoms with van der Waals surface area (Å²) in [6.45, 7) is 0. The molecule has 3 aromatic carbocycles. The lowest BCUT2D eigenvalue weighted by Crippen LogP contribution is -1.99. The van der Waals surface area contributed by atoms with E-state index >= 15 is 0 Å². The maximum Gasteiger partial charge on any atom is 0.110 e. The average Bonchev–Trinajstić information content (AvgIpc) is 3.25. The topological polar surface area (TPSA) is 28.7 Å². The molecule has 0 aliphatic heterocycles. The van der Waals surface area contributed by atoms with Gasteiger partial charge in [-0.15, -0.1) is 0 Å². The lowest BCUT2D eigenvalue weighted by molar-refractivity contribution is 0.919. The molecule has 0 saturated heterocycles. The average molecular weight is 350 g/mol. The molecule has 0 amide bonds. The van der Waals surface area contributed by atoms with Gasteiger partial charge in [0, 0.05) is 24.7 Å². The third-order valence-corrected chi connectivity index (χ3v) is 4.41. The van der Waals surface area contributed by atoms with Gasteiger partial charge in [0.25, 0.3) is 0 Å². The van der Waals surface area contributed by atoms with E-state index in [4.69, 9.17) is 7.85 Å². The number of nitrogens with one attached hydrogen (secondary N) is 1. The Morgan fingerprint density at radius 2 is 1.26 bits per heavy atom. The van der Waals surface area contributed by atoms with E-state index in [2.05, 4.69) is 70.6 Å². The molecule has 4 rings (SSSR count). The minimum Gasteiger partial charge on any atom is -0.348 e. The number of benzene rings is 3. The Morgan fingerprint density at radius 1 is 0.741 bits per heavy atom. The molecule has 1 heterocycles. The first-order chi connectivity index (χ1) is 13.4. The zero-order valence-electron chi connectivity index (χ0n) is 15.3. The van der Waals surface area contributed by atoms with Gasteiger partial charge in [-0.2, -0.15) is 0 Å². The second-order valence-corrected chi connectivity index (χ2v) is 6.31. The molecule has 0 atom stereocenters. The minimum atomic E-state index is 0.312. The molecule has 1 N–H and O–H groups in total. The van der Waals surface area contributed by atoms with E-state index in [1.54, 1.807) is 6.20 Å². The van der Waals surface area contributed by atoms with Crippen LogP contribution in [0.4, 0.5) is 0 Å². The number of imidazole rings is 1. The Bertz CT molecular complexity index is 836. The van der Waals surface area contributed by atoms with Crippen LogP contribution in [0.5, 0.6) is 0 Å². The van der Waals surface area contributed by atoms with Crippen LogP contribution < -0.4 is 0 Å². The van der Waals surface area contributed by atoms with Crippen molar-refractivity contribution in [3.63, 3.8) is 0 Å². The van der Waals surface area contributed by atoms with Crippen molar-refractivity contribution in [2.45, 2.75) is 18.7 Å². The molecule has 1 aromatic heterocycles. The van der Waals surface area contributed by atoms with E-state index in [1.807, 2.05) is 36.5 Å². The Morgan fingerprint density at radius 3 is 1.70 bits per heavy atom. The number of nitrogens with zero attached hydrogens (tertiary/aromatic N) is 1. The molecule has 0 fully saturated rings. The van der Waals surface area contributed by atoms with E-state index in [1.165, 1.54) is 16.7 Å². The van der Waals surface area contributed by atoms with Crippen molar-refractivity contribution in [3.8, 4) is 0 Å². The highest BCUT2D eigenvalue weighted by atomic mass is 14.9. The largest absolute Gasteiger partial charge is 0.348 e. The van der Waals surface area contributed by atoms with Crippen LogP contribution in [-0.4, -0.2) is 17.8 Å². The van der Waals surface area contributed by atoms with Gasteiger partial charge in [0.2, 0.25) is 0 Å². The number of aromatic amines is 1.